The summed E-state index contributed by atoms with van der Waals surface area (Å²) in [4.78, 5) is 12.0. The summed E-state index contributed by atoms with van der Waals surface area (Å²) < 4.78 is 5.14. The van der Waals surface area contributed by atoms with Crippen LogP contribution in [0, 0.1) is 5.92 Å². The van der Waals surface area contributed by atoms with E-state index >= 15 is 0 Å². The molecule has 0 spiro atoms. The number of ether oxygens (including phenoxy) is 1. The highest BCUT2D eigenvalue weighted by atomic mass is 35.5. The van der Waals surface area contributed by atoms with Gasteiger partial charge in [-0.25, -0.2) is 0 Å². The Balaban J connectivity index is 0.00000162. The van der Waals surface area contributed by atoms with Gasteiger partial charge in [0.2, 0.25) is 0 Å². The molecule has 1 aromatic rings. The molecular formula is C12H16Cl2N2O2. The number of carbonyl (C=O) groups excluding carboxylic acids is 1. The topological polar surface area (TPSA) is 50.4 Å². The monoisotopic (exact) mass is 290 g/mol. The zero-order valence-corrected chi connectivity index (χ0v) is 11.6. The molecule has 0 aliphatic carbocycles. The molecule has 100 valence electrons. The Morgan fingerprint density at radius 2 is 2.28 bits per heavy atom. The quantitative estimate of drug-likeness (QED) is 0.888. The van der Waals surface area contributed by atoms with Crippen molar-refractivity contribution in [1.29, 1.82) is 0 Å². The maximum absolute atomic E-state index is 12.0. The normalized spacial score (nSPS) is 14.3. The van der Waals surface area contributed by atoms with E-state index in [0.717, 1.165) is 13.1 Å². The summed E-state index contributed by atoms with van der Waals surface area (Å²) in [5.74, 6) is 0.930. The SMILES string of the molecule is COc1ccc(Cl)cc1C(=O)NCC1CNC1.Cl. The van der Waals surface area contributed by atoms with Crippen LogP contribution in [-0.4, -0.2) is 32.7 Å². The molecule has 0 atom stereocenters. The predicted molar refractivity (Wildman–Crippen MR) is 73.9 cm³/mol. The van der Waals surface area contributed by atoms with E-state index in [-0.39, 0.29) is 18.3 Å². The highest BCUT2D eigenvalue weighted by Gasteiger charge is 2.19. The van der Waals surface area contributed by atoms with Gasteiger partial charge in [0.05, 0.1) is 12.7 Å². The molecule has 2 N–H and O–H groups in total. The number of hydrogen-bond donors (Lipinski definition) is 2. The molecule has 0 saturated carbocycles. The van der Waals surface area contributed by atoms with Gasteiger partial charge >= 0.3 is 0 Å². The van der Waals surface area contributed by atoms with Crippen LogP contribution in [-0.2, 0) is 0 Å². The van der Waals surface area contributed by atoms with Crippen molar-refractivity contribution in [2.24, 2.45) is 5.92 Å². The first-order valence-electron chi connectivity index (χ1n) is 5.53. The number of amides is 1. The molecule has 1 fully saturated rings. The minimum atomic E-state index is -0.142. The second-order valence-corrected chi connectivity index (χ2v) is 4.52. The molecule has 0 aromatic heterocycles. The van der Waals surface area contributed by atoms with Crippen LogP contribution in [0.15, 0.2) is 18.2 Å². The molecule has 0 radical (unpaired) electrons. The summed E-state index contributed by atoms with van der Waals surface area (Å²) in [6.45, 7) is 2.61. The molecule has 1 heterocycles. The lowest BCUT2D eigenvalue weighted by Gasteiger charge is -2.27. The number of hydrogen-bond acceptors (Lipinski definition) is 3. The lowest BCUT2D eigenvalue weighted by atomic mass is 10.0. The van der Waals surface area contributed by atoms with Crippen molar-refractivity contribution in [3.05, 3.63) is 28.8 Å². The molecule has 4 nitrogen and oxygen atoms in total. The van der Waals surface area contributed by atoms with Crippen LogP contribution in [0.25, 0.3) is 0 Å². The number of halogens is 2. The van der Waals surface area contributed by atoms with Crippen LogP contribution in [0.4, 0.5) is 0 Å². The molecule has 1 amide bonds. The molecule has 0 bridgehead atoms. The maximum Gasteiger partial charge on any atom is 0.255 e. The van der Waals surface area contributed by atoms with E-state index in [2.05, 4.69) is 10.6 Å². The minimum absolute atomic E-state index is 0. The lowest BCUT2D eigenvalue weighted by Crippen LogP contribution is -2.48. The highest BCUT2D eigenvalue weighted by Crippen LogP contribution is 2.22. The summed E-state index contributed by atoms with van der Waals surface area (Å²) in [5.41, 5.74) is 0.479. The Morgan fingerprint density at radius 1 is 1.56 bits per heavy atom. The minimum Gasteiger partial charge on any atom is -0.496 e. The van der Waals surface area contributed by atoms with Crippen molar-refractivity contribution < 1.29 is 9.53 Å². The summed E-state index contributed by atoms with van der Waals surface area (Å²) in [6, 6.07) is 5.02. The summed E-state index contributed by atoms with van der Waals surface area (Å²) in [5, 5.41) is 6.57. The van der Waals surface area contributed by atoms with Crippen molar-refractivity contribution in [2.75, 3.05) is 26.7 Å². The molecule has 0 unspecified atom stereocenters. The Kier molecular flexibility index (Phi) is 5.72. The van der Waals surface area contributed by atoms with Crippen molar-refractivity contribution in [3.63, 3.8) is 0 Å². The van der Waals surface area contributed by atoms with E-state index in [0.29, 0.717) is 28.8 Å². The third-order valence-electron chi connectivity index (χ3n) is 2.82. The average Bonchev–Trinajstić information content (AvgIpc) is 2.26. The summed E-state index contributed by atoms with van der Waals surface area (Å²) in [6.07, 6.45) is 0. The number of nitrogens with one attached hydrogen (secondary N) is 2. The van der Waals surface area contributed by atoms with Gasteiger partial charge in [-0.3, -0.25) is 4.79 Å². The Hall–Kier alpha value is -0.970. The molecule has 1 aliphatic heterocycles. The van der Waals surface area contributed by atoms with Crippen LogP contribution in [0.1, 0.15) is 10.4 Å². The number of carbonyl (C=O) groups is 1. The lowest BCUT2D eigenvalue weighted by molar-refractivity contribution is 0.0939. The van der Waals surface area contributed by atoms with Crippen molar-refractivity contribution in [2.45, 2.75) is 0 Å². The van der Waals surface area contributed by atoms with Crippen molar-refractivity contribution in [1.82, 2.24) is 10.6 Å². The van der Waals surface area contributed by atoms with Crippen LogP contribution in [0.3, 0.4) is 0 Å². The zero-order valence-electron chi connectivity index (χ0n) is 10.0. The van der Waals surface area contributed by atoms with Gasteiger partial charge in [0, 0.05) is 30.6 Å². The first-order valence-corrected chi connectivity index (χ1v) is 5.91. The Morgan fingerprint density at radius 3 is 2.83 bits per heavy atom. The molecule has 1 aromatic carbocycles. The van der Waals surface area contributed by atoms with Crippen molar-refractivity contribution in [3.8, 4) is 5.75 Å². The van der Waals surface area contributed by atoms with E-state index in [9.17, 15) is 4.79 Å². The summed E-state index contributed by atoms with van der Waals surface area (Å²) >= 11 is 5.87. The van der Waals surface area contributed by atoms with Gasteiger partial charge in [-0.15, -0.1) is 12.4 Å². The average molecular weight is 291 g/mol. The van der Waals surface area contributed by atoms with Gasteiger partial charge < -0.3 is 15.4 Å². The third kappa shape index (κ3) is 3.51. The van der Waals surface area contributed by atoms with Gasteiger partial charge in [-0.05, 0) is 18.2 Å². The van der Waals surface area contributed by atoms with Crippen LogP contribution < -0.4 is 15.4 Å². The van der Waals surface area contributed by atoms with Crippen LogP contribution in [0.5, 0.6) is 5.75 Å². The van der Waals surface area contributed by atoms with E-state index in [1.165, 1.54) is 7.11 Å². The van der Waals surface area contributed by atoms with Gasteiger partial charge in [-0.1, -0.05) is 11.6 Å². The van der Waals surface area contributed by atoms with Gasteiger partial charge in [0.25, 0.3) is 5.91 Å². The van der Waals surface area contributed by atoms with Gasteiger partial charge in [0.1, 0.15) is 5.75 Å². The number of benzene rings is 1. The number of methoxy groups -OCH3 is 1. The molecule has 6 heteroatoms. The Labute approximate surface area is 117 Å². The van der Waals surface area contributed by atoms with E-state index in [4.69, 9.17) is 16.3 Å². The zero-order chi connectivity index (χ0) is 12.3. The molecular weight excluding hydrogens is 275 g/mol. The first-order chi connectivity index (χ1) is 8.20. The standard InChI is InChI=1S/C12H15ClN2O2.ClH/c1-17-11-3-2-9(13)4-10(11)12(16)15-7-8-5-14-6-8;/h2-4,8,14H,5-7H2,1H3,(H,15,16);1H. The van der Waals surface area contributed by atoms with E-state index in [1.807, 2.05) is 0 Å². The third-order valence-corrected chi connectivity index (χ3v) is 3.06. The Bertz CT molecular complexity index is 423. The first kappa shape index (κ1) is 15.1. The van der Waals surface area contributed by atoms with E-state index < -0.39 is 0 Å². The van der Waals surface area contributed by atoms with Crippen molar-refractivity contribution >= 4 is 29.9 Å². The molecule has 1 aliphatic rings. The van der Waals surface area contributed by atoms with E-state index in [1.54, 1.807) is 18.2 Å². The molecule has 1 saturated heterocycles. The number of rotatable bonds is 4. The van der Waals surface area contributed by atoms with Crippen LogP contribution >= 0.6 is 24.0 Å². The highest BCUT2D eigenvalue weighted by molar-refractivity contribution is 6.31. The van der Waals surface area contributed by atoms with Gasteiger partial charge in [-0.2, -0.15) is 0 Å². The largest absolute Gasteiger partial charge is 0.496 e. The molecule has 2 rings (SSSR count). The van der Waals surface area contributed by atoms with Crippen LogP contribution in [0.2, 0.25) is 5.02 Å². The smallest absolute Gasteiger partial charge is 0.255 e. The predicted octanol–water partition coefficient (Wildman–Crippen LogP) is 1.72. The maximum atomic E-state index is 12.0. The fourth-order valence-corrected chi connectivity index (χ4v) is 1.85. The van der Waals surface area contributed by atoms with Gasteiger partial charge in [0.15, 0.2) is 0 Å². The summed E-state index contributed by atoms with van der Waals surface area (Å²) in [7, 11) is 1.54. The molecule has 18 heavy (non-hydrogen) atoms. The fraction of sp³-hybridized carbons (Fsp3) is 0.417. The fourth-order valence-electron chi connectivity index (χ4n) is 1.68. The second kappa shape index (κ2) is 6.83. The second-order valence-electron chi connectivity index (χ2n) is 4.08.